The lowest BCUT2D eigenvalue weighted by Gasteiger charge is -2.19. The Morgan fingerprint density at radius 3 is 2.62 bits per heavy atom. The van der Waals surface area contributed by atoms with Gasteiger partial charge in [-0.3, -0.25) is 14.4 Å². The maximum Gasteiger partial charge on any atom is 0.254 e. The van der Waals surface area contributed by atoms with E-state index in [9.17, 15) is 4.79 Å². The quantitative estimate of drug-likeness (QED) is 0.893. The van der Waals surface area contributed by atoms with Crippen molar-refractivity contribution in [2.24, 2.45) is 0 Å². The fourth-order valence-electron chi connectivity index (χ4n) is 3.72. The SMILES string of the molecule is CCCn1nc(C)c(CN2CCc3nc(C(C)C)[nH]c(=O)c3CC2)c1C. The Bertz CT molecular complexity index is 833. The summed E-state index contributed by atoms with van der Waals surface area (Å²) in [5.74, 6) is 1.04. The third-order valence-electron chi connectivity index (χ3n) is 5.36. The summed E-state index contributed by atoms with van der Waals surface area (Å²) >= 11 is 0. The molecule has 0 bridgehead atoms. The average molecular weight is 358 g/mol. The van der Waals surface area contributed by atoms with Gasteiger partial charge in [-0.1, -0.05) is 20.8 Å². The normalized spacial score (nSPS) is 15.3. The zero-order valence-electron chi connectivity index (χ0n) is 16.7. The molecule has 3 heterocycles. The van der Waals surface area contributed by atoms with Crippen molar-refractivity contribution in [1.29, 1.82) is 0 Å². The highest BCUT2D eigenvalue weighted by Crippen LogP contribution is 2.19. The Labute approximate surface area is 155 Å². The molecule has 6 heteroatoms. The van der Waals surface area contributed by atoms with Gasteiger partial charge in [0, 0.05) is 55.3 Å². The summed E-state index contributed by atoms with van der Waals surface area (Å²) in [6.45, 7) is 14.2. The van der Waals surface area contributed by atoms with E-state index in [0.717, 1.165) is 68.2 Å². The first-order valence-corrected chi connectivity index (χ1v) is 9.77. The summed E-state index contributed by atoms with van der Waals surface area (Å²) in [6, 6.07) is 0. The number of H-pyrrole nitrogens is 1. The van der Waals surface area contributed by atoms with Crippen molar-refractivity contribution in [2.45, 2.75) is 72.9 Å². The van der Waals surface area contributed by atoms with Gasteiger partial charge in [0.2, 0.25) is 0 Å². The number of hydrogen-bond acceptors (Lipinski definition) is 4. The fraction of sp³-hybridized carbons (Fsp3) is 0.650. The van der Waals surface area contributed by atoms with Crippen LogP contribution in [0, 0.1) is 13.8 Å². The molecule has 0 unspecified atom stereocenters. The molecule has 0 saturated carbocycles. The summed E-state index contributed by atoms with van der Waals surface area (Å²) in [5, 5.41) is 4.70. The number of nitrogens with zero attached hydrogens (tertiary/aromatic N) is 4. The van der Waals surface area contributed by atoms with Crippen molar-refractivity contribution in [2.75, 3.05) is 13.1 Å². The van der Waals surface area contributed by atoms with E-state index >= 15 is 0 Å². The van der Waals surface area contributed by atoms with Gasteiger partial charge in [-0.15, -0.1) is 0 Å². The van der Waals surface area contributed by atoms with Gasteiger partial charge in [0.15, 0.2) is 0 Å². The highest BCUT2D eigenvalue weighted by atomic mass is 16.1. The van der Waals surface area contributed by atoms with Crippen LogP contribution in [0.15, 0.2) is 4.79 Å². The molecule has 142 valence electrons. The second-order valence-corrected chi connectivity index (χ2v) is 7.68. The summed E-state index contributed by atoms with van der Waals surface area (Å²) in [6.07, 6.45) is 2.68. The minimum absolute atomic E-state index is 0.0451. The van der Waals surface area contributed by atoms with Crippen LogP contribution in [-0.2, 0) is 25.9 Å². The van der Waals surface area contributed by atoms with Gasteiger partial charge in [-0.25, -0.2) is 4.98 Å². The van der Waals surface area contributed by atoms with Gasteiger partial charge in [0.1, 0.15) is 5.82 Å². The standard InChI is InChI=1S/C20H31N5O/c1-6-9-25-15(5)17(14(4)23-25)12-24-10-7-16-18(8-11-24)21-19(13(2)3)22-20(16)26/h13H,6-12H2,1-5H3,(H,21,22,26). The van der Waals surface area contributed by atoms with Crippen molar-refractivity contribution in [3.05, 3.63) is 44.4 Å². The second-order valence-electron chi connectivity index (χ2n) is 7.68. The minimum atomic E-state index is 0.0451. The summed E-state index contributed by atoms with van der Waals surface area (Å²) in [4.78, 5) is 22.6. The summed E-state index contributed by atoms with van der Waals surface area (Å²) in [7, 11) is 0. The van der Waals surface area contributed by atoms with Gasteiger partial charge < -0.3 is 4.98 Å². The van der Waals surface area contributed by atoms with Crippen molar-refractivity contribution >= 4 is 0 Å². The highest BCUT2D eigenvalue weighted by molar-refractivity contribution is 5.25. The predicted octanol–water partition coefficient (Wildman–Crippen LogP) is 2.72. The fourth-order valence-corrected chi connectivity index (χ4v) is 3.72. The van der Waals surface area contributed by atoms with Crippen LogP contribution < -0.4 is 5.56 Å². The van der Waals surface area contributed by atoms with E-state index in [1.165, 1.54) is 11.3 Å². The monoisotopic (exact) mass is 357 g/mol. The van der Waals surface area contributed by atoms with E-state index in [0.29, 0.717) is 0 Å². The van der Waals surface area contributed by atoms with Gasteiger partial charge in [-0.05, 0) is 26.7 Å². The summed E-state index contributed by atoms with van der Waals surface area (Å²) < 4.78 is 2.12. The van der Waals surface area contributed by atoms with E-state index in [-0.39, 0.29) is 11.5 Å². The molecule has 0 fully saturated rings. The van der Waals surface area contributed by atoms with E-state index in [1.54, 1.807) is 0 Å². The topological polar surface area (TPSA) is 66.8 Å². The molecule has 26 heavy (non-hydrogen) atoms. The van der Waals surface area contributed by atoms with Crippen molar-refractivity contribution in [3.63, 3.8) is 0 Å². The van der Waals surface area contributed by atoms with Crippen LogP contribution in [0.2, 0.25) is 0 Å². The molecule has 0 amide bonds. The molecule has 1 aliphatic heterocycles. The lowest BCUT2D eigenvalue weighted by Crippen LogP contribution is -2.27. The second kappa shape index (κ2) is 7.74. The molecule has 2 aromatic rings. The van der Waals surface area contributed by atoms with E-state index in [2.05, 4.69) is 49.2 Å². The van der Waals surface area contributed by atoms with E-state index in [1.807, 2.05) is 0 Å². The van der Waals surface area contributed by atoms with Crippen LogP contribution in [0.5, 0.6) is 0 Å². The molecule has 1 N–H and O–H groups in total. The molecule has 6 nitrogen and oxygen atoms in total. The van der Waals surface area contributed by atoms with Crippen molar-refractivity contribution in [1.82, 2.24) is 24.6 Å². The van der Waals surface area contributed by atoms with Crippen LogP contribution >= 0.6 is 0 Å². The lowest BCUT2D eigenvalue weighted by atomic mass is 10.1. The van der Waals surface area contributed by atoms with Gasteiger partial charge >= 0.3 is 0 Å². The molecule has 2 aromatic heterocycles. The van der Waals surface area contributed by atoms with Crippen LogP contribution in [-0.4, -0.2) is 37.7 Å². The van der Waals surface area contributed by atoms with Crippen LogP contribution in [0.4, 0.5) is 0 Å². The highest BCUT2D eigenvalue weighted by Gasteiger charge is 2.21. The van der Waals surface area contributed by atoms with Crippen LogP contribution in [0.3, 0.4) is 0 Å². The zero-order valence-corrected chi connectivity index (χ0v) is 16.7. The van der Waals surface area contributed by atoms with Gasteiger partial charge in [0.05, 0.1) is 11.4 Å². The number of rotatable bonds is 5. The van der Waals surface area contributed by atoms with Crippen molar-refractivity contribution < 1.29 is 0 Å². The first-order valence-electron chi connectivity index (χ1n) is 9.77. The molecule has 3 rings (SSSR count). The van der Waals surface area contributed by atoms with E-state index in [4.69, 9.17) is 10.1 Å². The Morgan fingerprint density at radius 1 is 1.19 bits per heavy atom. The first kappa shape index (κ1) is 18.8. The number of fused-ring (bicyclic) bond motifs is 1. The average Bonchev–Trinajstić information content (AvgIpc) is 2.76. The Kier molecular flexibility index (Phi) is 5.61. The zero-order chi connectivity index (χ0) is 18.8. The molecule has 0 atom stereocenters. The first-order chi connectivity index (χ1) is 12.4. The van der Waals surface area contributed by atoms with Crippen LogP contribution in [0.1, 0.15) is 67.1 Å². The number of aryl methyl sites for hydroxylation is 2. The number of hydrogen-bond donors (Lipinski definition) is 1. The van der Waals surface area contributed by atoms with Crippen LogP contribution in [0.25, 0.3) is 0 Å². The molecule has 0 spiro atoms. The predicted molar refractivity (Wildman–Crippen MR) is 104 cm³/mol. The molecule has 0 aliphatic carbocycles. The minimum Gasteiger partial charge on any atom is -0.310 e. The molecule has 0 radical (unpaired) electrons. The third-order valence-corrected chi connectivity index (χ3v) is 5.36. The molecular weight excluding hydrogens is 326 g/mol. The lowest BCUT2D eigenvalue weighted by molar-refractivity contribution is 0.277. The molecule has 0 aromatic carbocycles. The van der Waals surface area contributed by atoms with Crippen molar-refractivity contribution in [3.8, 4) is 0 Å². The summed E-state index contributed by atoms with van der Waals surface area (Å²) in [5.41, 5.74) is 5.61. The number of aromatic amines is 1. The largest absolute Gasteiger partial charge is 0.310 e. The third kappa shape index (κ3) is 3.75. The number of nitrogens with one attached hydrogen (secondary N) is 1. The molecule has 1 aliphatic rings. The Balaban J connectivity index is 1.78. The van der Waals surface area contributed by atoms with Gasteiger partial charge in [0.25, 0.3) is 5.56 Å². The van der Waals surface area contributed by atoms with Gasteiger partial charge in [-0.2, -0.15) is 5.10 Å². The Morgan fingerprint density at radius 2 is 1.92 bits per heavy atom. The smallest absolute Gasteiger partial charge is 0.254 e. The maximum atomic E-state index is 12.5. The van der Waals surface area contributed by atoms with E-state index < -0.39 is 0 Å². The molecular formula is C20H31N5O. The Hall–Kier alpha value is -1.95. The molecule has 0 saturated heterocycles. The number of aromatic nitrogens is 4. The maximum absolute atomic E-state index is 12.5.